The van der Waals surface area contributed by atoms with E-state index in [4.69, 9.17) is 44.1 Å². The average Bonchev–Trinajstić information content (AvgIpc) is 2.84. The smallest absolute Gasteiger partial charge is 0.159 e. The van der Waals surface area contributed by atoms with E-state index in [0.29, 0.717) is 31.9 Å². The zero-order chi connectivity index (χ0) is 24.5. The third-order valence-electron chi connectivity index (χ3n) is 4.62. The first kappa shape index (κ1) is 32.5. The molecular formula is C24H26Br2Cl2N4O2S2. The van der Waals surface area contributed by atoms with Crippen molar-refractivity contribution in [3.05, 3.63) is 81.8 Å². The van der Waals surface area contributed by atoms with Crippen molar-refractivity contribution in [2.75, 3.05) is 14.2 Å². The van der Waals surface area contributed by atoms with Gasteiger partial charge >= 0.3 is 0 Å². The van der Waals surface area contributed by atoms with Crippen LogP contribution in [0.15, 0.2) is 70.6 Å². The number of nitrogens with two attached hydrogens (primary N) is 2. The Bertz CT molecular complexity index is 1090. The molecular weight excluding hydrogens is 671 g/mol. The van der Waals surface area contributed by atoms with Crippen LogP contribution >= 0.6 is 80.7 Å². The van der Waals surface area contributed by atoms with Crippen molar-refractivity contribution in [1.29, 1.82) is 0 Å². The molecule has 0 heterocycles. The number of rotatable bonds is 8. The molecule has 0 aliphatic rings. The fourth-order valence-corrected chi connectivity index (χ4v) is 4.69. The molecule has 0 spiro atoms. The molecule has 4 N–H and O–H groups in total. The Balaban J connectivity index is 0.00000324. The second-order valence-electron chi connectivity index (χ2n) is 6.91. The highest BCUT2D eigenvalue weighted by Gasteiger charge is 2.10. The molecule has 0 aliphatic heterocycles. The standard InChI is InChI=1S/C24H24Cl2N4O2S2.2BrH/c1-31-19-7-3-17(4-8-19)29-23(27)33-13-15-11-21(25)22(26)12-16(15)14-34-24(28)30-18-5-9-20(32-2)10-6-18;;/h3-12H,13-14H2,1-2H3,(H2,27,29)(H2,28,30);2*1H. The summed E-state index contributed by atoms with van der Waals surface area (Å²) in [4.78, 5) is 8.88. The van der Waals surface area contributed by atoms with Crippen LogP contribution in [-0.2, 0) is 11.5 Å². The zero-order valence-electron chi connectivity index (χ0n) is 19.4. The maximum atomic E-state index is 6.27. The molecule has 0 atom stereocenters. The van der Waals surface area contributed by atoms with Gasteiger partial charge in [-0.25, -0.2) is 9.98 Å². The number of amidine groups is 2. The Hall–Kier alpha value is -1.56. The SMILES string of the molecule is Br.Br.COc1ccc(N=C(N)SCc2cc(Cl)c(Cl)cc2CSC(N)=Nc2ccc(OC)cc2)cc1. The van der Waals surface area contributed by atoms with Crippen molar-refractivity contribution in [2.45, 2.75) is 11.5 Å². The third-order valence-corrected chi connectivity index (χ3v) is 7.02. The summed E-state index contributed by atoms with van der Waals surface area (Å²) in [5.74, 6) is 2.68. The van der Waals surface area contributed by atoms with Gasteiger partial charge in [0, 0.05) is 11.5 Å². The van der Waals surface area contributed by atoms with Crippen molar-refractivity contribution >= 4 is 102 Å². The van der Waals surface area contributed by atoms with Crippen LogP contribution in [0.3, 0.4) is 0 Å². The zero-order valence-corrected chi connectivity index (χ0v) is 26.0. The van der Waals surface area contributed by atoms with Crippen LogP contribution in [0.25, 0.3) is 0 Å². The van der Waals surface area contributed by atoms with E-state index in [1.807, 2.05) is 60.7 Å². The summed E-state index contributed by atoms with van der Waals surface area (Å²) in [6, 6.07) is 18.4. The van der Waals surface area contributed by atoms with Crippen LogP contribution in [-0.4, -0.2) is 24.6 Å². The number of ether oxygens (including phenoxy) is 2. The minimum absolute atomic E-state index is 0. The fraction of sp³-hybridized carbons (Fsp3) is 0.167. The first-order chi connectivity index (χ1) is 16.4. The van der Waals surface area contributed by atoms with E-state index in [1.165, 1.54) is 23.5 Å². The van der Waals surface area contributed by atoms with Crippen LogP contribution in [0.4, 0.5) is 11.4 Å². The van der Waals surface area contributed by atoms with E-state index in [9.17, 15) is 0 Å². The van der Waals surface area contributed by atoms with Gasteiger partial charge in [0.25, 0.3) is 0 Å². The summed E-state index contributed by atoms with van der Waals surface area (Å²) < 4.78 is 10.3. The molecule has 3 aromatic rings. The van der Waals surface area contributed by atoms with Crippen LogP contribution in [0.1, 0.15) is 11.1 Å². The molecule has 0 amide bonds. The molecule has 0 unspecified atom stereocenters. The minimum atomic E-state index is 0. The number of hydrogen-bond acceptors (Lipinski definition) is 6. The highest BCUT2D eigenvalue weighted by molar-refractivity contribution is 8.93. The van der Waals surface area contributed by atoms with Crippen molar-refractivity contribution in [3.8, 4) is 11.5 Å². The van der Waals surface area contributed by atoms with E-state index < -0.39 is 0 Å². The van der Waals surface area contributed by atoms with Gasteiger partial charge in [-0.15, -0.1) is 34.0 Å². The van der Waals surface area contributed by atoms with E-state index in [0.717, 1.165) is 34.0 Å². The Morgan fingerprint density at radius 2 is 1.03 bits per heavy atom. The van der Waals surface area contributed by atoms with Gasteiger partial charge < -0.3 is 20.9 Å². The largest absolute Gasteiger partial charge is 0.497 e. The molecule has 0 aliphatic carbocycles. The second-order valence-corrected chi connectivity index (χ2v) is 9.71. The Kier molecular flexibility index (Phi) is 14.7. The summed E-state index contributed by atoms with van der Waals surface area (Å²) in [5, 5.41) is 1.85. The predicted molar refractivity (Wildman–Crippen MR) is 168 cm³/mol. The Morgan fingerprint density at radius 3 is 1.33 bits per heavy atom. The quantitative estimate of drug-likeness (QED) is 0.184. The number of nitrogens with zero attached hydrogens (tertiary/aromatic N) is 2. The molecule has 0 bridgehead atoms. The molecule has 3 aromatic carbocycles. The number of hydrogen-bond donors (Lipinski definition) is 2. The Morgan fingerprint density at radius 1 is 0.694 bits per heavy atom. The number of methoxy groups -OCH3 is 2. The highest BCUT2D eigenvalue weighted by Crippen LogP contribution is 2.31. The molecule has 36 heavy (non-hydrogen) atoms. The average molecular weight is 697 g/mol. The minimum Gasteiger partial charge on any atom is -0.497 e. The molecule has 0 radical (unpaired) electrons. The maximum absolute atomic E-state index is 6.27. The molecule has 0 saturated heterocycles. The van der Waals surface area contributed by atoms with Crippen molar-refractivity contribution in [1.82, 2.24) is 0 Å². The fourth-order valence-electron chi connectivity index (χ4n) is 2.83. The number of benzene rings is 3. The summed E-state index contributed by atoms with van der Waals surface area (Å²) in [6.07, 6.45) is 0. The second kappa shape index (κ2) is 16.3. The summed E-state index contributed by atoms with van der Waals surface area (Å²) in [6.45, 7) is 0. The lowest BCUT2D eigenvalue weighted by Gasteiger charge is -2.11. The summed E-state index contributed by atoms with van der Waals surface area (Å²) >= 11 is 15.4. The number of thioether (sulfide) groups is 2. The molecule has 0 saturated carbocycles. The first-order valence-corrected chi connectivity index (χ1v) is 12.8. The number of aliphatic imine (C=N–C) groups is 2. The van der Waals surface area contributed by atoms with E-state index in [1.54, 1.807) is 14.2 Å². The normalized spacial score (nSPS) is 11.3. The molecule has 3 rings (SSSR count). The maximum Gasteiger partial charge on any atom is 0.159 e. The van der Waals surface area contributed by atoms with Gasteiger partial charge in [-0.1, -0.05) is 46.7 Å². The van der Waals surface area contributed by atoms with Crippen molar-refractivity contribution in [3.63, 3.8) is 0 Å². The van der Waals surface area contributed by atoms with Crippen LogP contribution in [0.2, 0.25) is 10.0 Å². The van der Waals surface area contributed by atoms with Crippen molar-refractivity contribution in [2.24, 2.45) is 21.5 Å². The number of halogens is 4. The molecule has 6 nitrogen and oxygen atoms in total. The molecule has 194 valence electrons. The monoisotopic (exact) mass is 694 g/mol. The summed E-state index contributed by atoms with van der Waals surface area (Å²) in [7, 11) is 3.24. The van der Waals surface area contributed by atoms with E-state index in [-0.39, 0.29) is 34.0 Å². The molecule has 12 heteroatoms. The van der Waals surface area contributed by atoms with Crippen LogP contribution < -0.4 is 20.9 Å². The lowest BCUT2D eigenvalue weighted by Crippen LogP contribution is -2.08. The summed E-state index contributed by atoms with van der Waals surface area (Å²) in [5.41, 5.74) is 15.8. The van der Waals surface area contributed by atoms with Crippen molar-refractivity contribution < 1.29 is 9.47 Å². The van der Waals surface area contributed by atoms with Gasteiger partial charge in [0.05, 0.1) is 35.6 Å². The van der Waals surface area contributed by atoms with E-state index in [2.05, 4.69) is 9.98 Å². The van der Waals surface area contributed by atoms with Crippen LogP contribution in [0, 0.1) is 0 Å². The van der Waals surface area contributed by atoms with Gasteiger partial charge in [-0.2, -0.15) is 0 Å². The van der Waals surface area contributed by atoms with Crippen LogP contribution in [0.5, 0.6) is 11.5 Å². The lowest BCUT2D eigenvalue weighted by atomic mass is 10.1. The molecule has 0 fully saturated rings. The Labute approximate surface area is 250 Å². The molecule has 0 aromatic heterocycles. The van der Waals surface area contributed by atoms with Gasteiger partial charge in [-0.3, -0.25) is 0 Å². The lowest BCUT2D eigenvalue weighted by molar-refractivity contribution is 0.415. The first-order valence-electron chi connectivity index (χ1n) is 10.1. The highest BCUT2D eigenvalue weighted by atomic mass is 79.9. The van der Waals surface area contributed by atoms with Gasteiger partial charge in [0.15, 0.2) is 10.3 Å². The topological polar surface area (TPSA) is 95.2 Å². The van der Waals surface area contributed by atoms with E-state index >= 15 is 0 Å². The third kappa shape index (κ3) is 10.1. The predicted octanol–water partition coefficient (Wildman–Crippen LogP) is 7.93. The van der Waals surface area contributed by atoms with Gasteiger partial charge in [0.1, 0.15) is 11.5 Å². The van der Waals surface area contributed by atoms with Gasteiger partial charge in [-0.05, 0) is 71.8 Å². The van der Waals surface area contributed by atoms with Gasteiger partial charge in [0.2, 0.25) is 0 Å².